The summed E-state index contributed by atoms with van der Waals surface area (Å²) in [5.41, 5.74) is 1.61. The van der Waals surface area contributed by atoms with Gasteiger partial charge in [0, 0.05) is 0 Å². The fourth-order valence-electron chi connectivity index (χ4n) is 1.73. The van der Waals surface area contributed by atoms with Gasteiger partial charge >= 0.3 is 0 Å². The van der Waals surface area contributed by atoms with E-state index in [4.69, 9.17) is 12.6 Å². The van der Waals surface area contributed by atoms with Crippen LogP contribution in [0.2, 0.25) is 0 Å². The van der Waals surface area contributed by atoms with Crippen molar-refractivity contribution in [1.82, 2.24) is 14.8 Å². The molecule has 0 saturated carbocycles. The summed E-state index contributed by atoms with van der Waals surface area (Å²) in [6, 6.07) is 5.56. The summed E-state index contributed by atoms with van der Waals surface area (Å²) in [6.45, 7) is 1.39. The van der Waals surface area contributed by atoms with Crippen molar-refractivity contribution < 1.29 is 4.74 Å². The van der Waals surface area contributed by atoms with Crippen LogP contribution in [0.1, 0.15) is 0 Å². The highest BCUT2D eigenvalue weighted by Crippen LogP contribution is 2.29. The van der Waals surface area contributed by atoms with Crippen LogP contribution in [0.25, 0.3) is 11.4 Å². The van der Waals surface area contributed by atoms with E-state index in [1.165, 1.54) is 0 Å². The molecule has 0 atom stereocenters. The van der Waals surface area contributed by atoms with Crippen molar-refractivity contribution in [2.45, 2.75) is 6.54 Å². The highest BCUT2D eigenvalue weighted by atomic mass is 16.5. The Morgan fingerprint density at radius 2 is 2.33 bits per heavy atom. The molecular weight excluding hydrogens is 189 g/mol. The third-order valence-electron chi connectivity index (χ3n) is 2.45. The Kier molecular flexibility index (Phi) is 1.77. The quantitative estimate of drug-likeness (QED) is 0.563. The molecular formula is C10H8BN3O. The molecule has 2 heterocycles. The van der Waals surface area contributed by atoms with Gasteiger partial charge in [-0.2, -0.15) is 0 Å². The van der Waals surface area contributed by atoms with Gasteiger partial charge in [-0.3, -0.25) is 0 Å². The Balaban J connectivity index is 2.27. The number of benzene rings is 1. The summed E-state index contributed by atoms with van der Waals surface area (Å²) >= 11 is 0. The Bertz CT molecular complexity index is 509. The number of nitrogens with zero attached hydrogens (tertiary/aromatic N) is 3. The van der Waals surface area contributed by atoms with E-state index < -0.39 is 0 Å². The smallest absolute Gasteiger partial charge is 0.167 e. The molecule has 2 aromatic rings. The van der Waals surface area contributed by atoms with Gasteiger partial charge in [-0.1, -0.05) is 17.6 Å². The maximum Gasteiger partial charge on any atom is 0.167 e. The van der Waals surface area contributed by atoms with Crippen LogP contribution in [0.3, 0.4) is 0 Å². The largest absolute Gasteiger partial charge is 0.491 e. The molecule has 5 heteroatoms. The van der Waals surface area contributed by atoms with Crippen LogP contribution in [-0.2, 0) is 6.54 Å². The van der Waals surface area contributed by atoms with Crippen molar-refractivity contribution in [3.05, 3.63) is 24.5 Å². The first-order valence-electron chi connectivity index (χ1n) is 4.75. The van der Waals surface area contributed by atoms with E-state index >= 15 is 0 Å². The van der Waals surface area contributed by atoms with E-state index in [2.05, 4.69) is 10.2 Å². The molecule has 0 amide bonds. The van der Waals surface area contributed by atoms with Gasteiger partial charge in [-0.25, -0.2) is 0 Å². The van der Waals surface area contributed by atoms with Gasteiger partial charge in [-0.05, 0) is 6.07 Å². The summed E-state index contributed by atoms with van der Waals surface area (Å²) < 4.78 is 7.56. The summed E-state index contributed by atoms with van der Waals surface area (Å²) in [6.07, 6.45) is 1.71. The van der Waals surface area contributed by atoms with E-state index in [0.29, 0.717) is 12.1 Å². The number of rotatable bonds is 0. The van der Waals surface area contributed by atoms with E-state index in [0.717, 1.165) is 23.7 Å². The maximum absolute atomic E-state index is 5.75. The van der Waals surface area contributed by atoms with Crippen molar-refractivity contribution in [3.63, 3.8) is 0 Å². The SMILES string of the molecule is [B]c1ccc2c(c1)-c1nncn1CCO2. The number of fused-ring (bicyclic) bond motifs is 3. The highest BCUT2D eigenvalue weighted by Gasteiger charge is 2.16. The van der Waals surface area contributed by atoms with Crippen molar-refractivity contribution in [3.8, 4) is 17.1 Å². The van der Waals surface area contributed by atoms with Crippen LogP contribution in [0, 0.1) is 0 Å². The molecule has 15 heavy (non-hydrogen) atoms. The Morgan fingerprint density at radius 3 is 3.27 bits per heavy atom. The monoisotopic (exact) mass is 197 g/mol. The number of aromatic nitrogens is 3. The Labute approximate surface area is 88.3 Å². The molecule has 2 radical (unpaired) electrons. The van der Waals surface area contributed by atoms with Crippen LogP contribution in [0.5, 0.6) is 5.75 Å². The van der Waals surface area contributed by atoms with Gasteiger partial charge in [0.1, 0.15) is 26.5 Å². The summed E-state index contributed by atoms with van der Waals surface area (Å²) in [5.74, 6) is 1.63. The zero-order chi connectivity index (χ0) is 10.3. The van der Waals surface area contributed by atoms with Gasteiger partial charge in [0.05, 0.1) is 12.1 Å². The maximum atomic E-state index is 5.75. The third kappa shape index (κ3) is 1.31. The third-order valence-corrected chi connectivity index (χ3v) is 2.45. The highest BCUT2D eigenvalue weighted by molar-refractivity contribution is 6.32. The topological polar surface area (TPSA) is 39.9 Å². The standard InChI is InChI=1S/C10H8BN3O/c11-7-1-2-9-8(5-7)10-13-12-6-14(10)3-4-15-9/h1-2,5-6H,3-4H2. The van der Waals surface area contributed by atoms with Gasteiger partial charge in [0.2, 0.25) is 0 Å². The van der Waals surface area contributed by atoms with Crippen molar-refractivity contribution in [1.29, 1.82) is 0 Å². The fourth-order valence-corrected chi connectivity index (χ4v) is 1.73. The van der Waals surface area contributed by atoms with Crippen molar-refractivity contribution in [2.75, 3.05) is 6.61 Å². The minimum atomic E-state index is 0.627. The molecule has 72 valence electrons. The molecule has 4 nitrogen and oxygen atoms in total. The average molecular weight is 197 g/mol. The van der Waals surface area contributed by atoms with Crippen LogP contribution >= 0.6 is 0 Å². The van der Waals surface area contributed by atoms with Crippen LogP contribution < -0.4 is 10.2 Å². The molecule has 1 aromatic heterocycles. The van der Waals surface area contributed by atoms with Crippen LogP contribution in [-0.4, -0.2) is 29.2 Å². The summed E-state index contributed by atoms with van der Waals surface area (Å²) in [4.78, 5) is 0. The van der Waals surface area contributed by atoms with E-state index in [1.807, 2.05) is 22.8 Å². The first kappa shape index (κ1) is 8.53. The molecule has 1 aliphatic heterocycles. The lowest BCUT2D eigenvalue weighted by Gasteiger charge is -2.06. The van der Waals surface area contributed by atoms with Crippen LogP contribution in [0.4, 0.5) is 0 Å². The number of ether oxygens (including phenoxy) is 1. The molecule has 0 unspecified atom stereocenters. The molecule has 0 saturated heterocycles. The second-order valence-electron chi connectivity index (χ2n) is 3.45. The average Bonchev–Trinajstić information content (AvgIpc) is 2.62. The van der Waals surface area contributed by atoms with Gasteiger partial charge in [0.15, 0.2) is 5.82 Å². The first-order chi connectivity index (χ1) is 7.34. The lowest BCUT2D eigenvalue weighted by atomic mass is 9.94. The lowest BCUT2D eigenvalue weighted by molar-refractivity contribution is 0.306. The first-order valence-corrected chi connectivity index (χ1v) is 4.75. The van der Waals surface area contributed by atoms with E-state index in [9.17, 15) is 0 Å². The number of hydrogen-bond acceptors (Lipinski definition) is 3. The molecule has 3 rings (SSSR count). The molecule has 0 N–H and O–H groups in total. The molecule has 0 aliphatic carbocycles. The predicted octanol–water partition coefficient (Wildman–Crippen LogP) is 0.131. The number of hydrogen-bond donors (Lipinski definition) is 0. The van der Waals surface area contributed by atoms with Crippen molar-refractivity contribution >= 4 is 13.3 Å². The fraction of sp³-hybridized carbons (Fsp3) is 0.200. The second kappa shape index (κ2) is 3.12. The Hall–Kier alpha value is -1.78. The molecule has 0 bridgehead atoms. The van der Waals surface area contributed by atoms with Gasteiger partial charge in [0.25, 0.3) is 0 Å². The Morgan fingerprint density at radius 1 is 1.40 bits per heavy atom. The minimum Gasteiger partial charge on any atom is -0.491 e. The molecule has 0 fully saturated rings. The predicted molar refractivity (Wildman–Crippen MR) is 56.3 cm³/mol. The molecule has 0 spiro atoms. The molecule has 1 aliphatic rings. The van der Waals surface area contributed by atoms with Gasteiger partial charge in [-0.15, -0.1) is 10.2 Å². The summed E-state index contributed by atoms with van der Waals surface area (Å²) in [7, 11) is 5.75. The second-order valence-corrected chi connectivity index (χ2v) is 3.45. The van der Waals surface area contributed by atoms with E-state index in [1.54, 1.807) is 6.33 Å². The zero-order valence-corrected chi connectivity index (χ0v) is 8.05. The summed E-state index contributed by atoms with van der Waals surface area (Å²) in [5, 5.41) is 7.97. The van der Waals surface area contributed by atoms with Crippen molar-refractivity contribution in [2.24, 2.45) is 0 Å². The lowest BCUT2D eigenvalue weighted by Crippen LogP contribution is -2.04. The van der Waals surface area contributed by atoms with Gasteiger partial charge < -0.3 is 9.30 Å². The normalized spacial score (nSPS) is 13.6. The zero-order valence-electron chi connectivity index (χ0n) is 8.05. The molecule has 1 aromatic carbocycles. The van der Waals surface area contributed by atoms with Crippen LogP contribution in [0.15, 0.2) is 24.5 Å². The van der Waals surface area contributed by atoms with E-state index in [-0.39, 0.29) is 0 Å². The minimum absolute atomic E-state index is 0.627.